The monoisotopic (exact) mass is 414 g/mol. The molecule has 0 radical (unpaired) electrons. The summed E-state index contributed by atoms with van der Waals surface area (Å²) in [4.78, 5) is 24.7. The molecule has 0 heterocycles. The van der Waals surface area contributed by atoms with Gasteiger partial charge in [0.2, 0.25) is 5.91 Å². The van der Waals surface area contributed by atoms with Gasteiger partial charge >= 0.3 is 0 Å². The van der Waals surface area contributed by atoms with E-state index in [1.165, 1.54) is 11.1 Å². The first-order chi connectivity index (χ1) is 14.0. The van der Waals surface area contributed by atoms with E-state index in [4.69, 9.17) is 16.3 Å². The molecule has 154 valence electrons. The average Bonchev–Trinajstić information content (AvgIpc) is 2.71. The minimum absolute atomic E-state index is 0.0575. The van der Waals surface area contributed by atoms with Crippen LogP contribution in [0.3, 0.4) is 0 Å². The van der Waals surface area contributed by atoms with Crippen molar-refractivity contribution in [3.63, 3.8) is 0 Å². The second-order valence-electron chi connectivity index (χ2n) is 7.36. The van der Waals surface area contributed by atoms with Crippen molar-refractivity contribution in [3.8, 4) is 5.75 Å². The highest BCUT2D eigenvalue weighted by atomic mass is 35.5. The Balaban J connectivity index is 1.64. The van der Waals surface area contributed by atoms with Crippen LogP contribution in [0.2, 0.25) is 5.02 Å². The van der Waals surface area contributed by atoms with E-state index in [9.17, 15) is 9.59 Å². The van der Waals surface area contributed by atoms with Crippen LogP contribution in [0.1, 0.15) is 60.0 Å². The fraction of sp³-hybridized carbons (Fsp3) is 0.391. The summed E-state index contributed by atoms with van der Waals surface area (Å²) >= 11 is 6.25. The molecule has 2 amide bonds. The van der Waals surface area contributed by atoms with Crippen molar-refractivity contribution >= 4 is 29.1 Å². The lowest BCUT2D eigenvalue weighted by Crippen LogP contribution is -2.24. The molecule has 1 unspecified atom stereocenters. The smallest absolute Gasteiger partial charge is 0.252 e. The Bertz CT molecular complexity index is 898. The number of rotatable bonds is 7. The van der Waals surface area contributed by atoms with Gasteiger partial charge in [-0.3, -0.25) is 9.59 Å². The third kappa shape index (κ3) is 5.30. The number of methoxy groups -OCH3 is 1. The number of hydrogen-bond acceptors (Lipinski definition) is 3. The summed E-state index contributed by atoms with van der Waals surface area (Å²) < 4.78 is 5.31. The Labute approximate surface area is 176 Å². The minimum Gasteiger partial charge on any atom is -0.497 e. The van der Waals surface area contributed by atoms with Crippen LogP contribution in [0.15, 0.2) is 36.4 Å². The van der Waals surface area contributed by atoms with E-state index in [-0.39, 0.29) is 17.7 Å². The van der Waals surface area contributed by atoms with Crippen LogP contribution in [-0.4, -0.2) is 25.5 Å². The Morgan fingerprint density at radius 2 is 2.03 bits per heavy atom. The first kappa shape index (κ1) is 21.2. The number of amides is 2. The zero-order chi connectivity index (χ0) is 20.8. The lowest BCUT2D eigenvalue weighted by atomic mass is 9.81. The zero-order valence-corrected chi connectivity index (χ0v) is 17.6. The molecule has 1 aliphatic rings. The van der Waals surface area contributed by atoms with E-state index >= 15 is 0 Å². The van der Waals surface area contributed by atoms with E-state index in [1.807, 2.05) is 13.0 Å². The summed E-state index contributed by atoms with van der Waals surface area (Å²) in [5, 5.41) is 6.04. The van der Waals surface area contributed by atoms with Crippen molar-refractivity contribution in [2.24, 2.45) is 0 Å². The van der Waals surface area contributed by atoms with E-state index in [2.05, 4.69) is 22.8 Å². The van der Waals surface area contributed by atoms with Crippen LogP contribution in [0.4, 0.5) is 5.69 Å². The molecule has 1 aliphatic carbocycles. The van der Waals surface area contributed by atoms with Crippen LogP contribution < -0.4 is 15.4 Å². The highest BCUT2D eigenvalue weighted by Gasteiger charge is 2.23. The summed E-state index contributed by atoms with van der Waals surface area (Å²) in [7, 11) is 1.67. The standard InChI is InChI=1S/C23H27ClN2O3/c1-3-11-25-23(28)20-9-7-17(14-21(20)24)26-22(27)13-16-6-4-5-15-12-18(29-2)8-10-19(15)16/h7-10,12,14,16H,3-6,11,13H2,1-2H3,(H,25,28)(H,26,27). The Kier molecular flexibility index (Phi) is 7.15. The summed E-state index contributed by atoms with van der Waals surface area (Å²) in [5.74, 6) is 0.785. The number of aryl methyl sites for hydroxylation is 1. The molecule has 0 saturated carbocycles. The van der Waals surface area contributed by atoms with Crippen LogP contribution in [0.5, 0.6) is 5.75 Å². The number of benzene rings is 2. The number of fused-ring (bicyclic) bond motifs is 1. The molecule has 0 saturated heterocycles. The van der Waals surface area contributed by atoms with Gasteiger partial charge in [0.25, 0.3) is 5.91 Å². The average molecular weight is 415 g/mol. The molecule has 3 rings (SSSR count). The van der Waals surface area contributed by atoms with E-state index in [0.29, 0.717) is 29.2 Å². The summed E-state index contributed by atoms with van der Waals surface area (Å²) in [6.07, 6.45) is 4.33. The highest BCUT2D eigenvalue weighted by Crippen LogP contribution is 2.36. The zero-order valence-electron chi connectivity index (χ0n) is 16.9. The maximum absolute atomic E-state index is 12.6. The predicted octanol–water partition coefficient (Wildman–Crippen LogP) is 4.94. The lowest BCUT2D eigenvalue weighted by Gasteiger charge is -2.25. The van der Waals surface area contributed by atoms with Crippen LogP contribution >= 0.6 is 11.6 Å². The number of carbonyl (C=O) groups is 2. The third-order valence-electron chi connectivity index (χ3n) is 5.25. The van der Waals surface area contributed by atoms with Crippen molar-refractivity contribution in [3.05, 3.63) is 58.1 Å². The molecule has 29 heavy (non-hydrogen) atoms. The molecule has 0 fully saturated rings. The quantitative estimate of drug-likeness (QED) is 0.674. The molecule has 0 aliphatic heterocycles. The van der Waals surface area contributed by atoms with Gasteiger partial charge < -0.3 is 15.4 Å². The van der Waals surface area contributed by atoms with Gasteiger partial charge in [0.15, 0.2) is 0 Å². The number of anilines is 1. The Morgan fingerprint density at radius 1 is 1.21 bits per heavy atom. The van der Waals surface area contributed by atoms with Gasteiger partial charge in [-0.2, -0.15) is 0 Å². The molecule has 6 heteroatoms. The van der Waals surface area contributed by atoms with Crippen molar-refractivity contribution in [1.29, 1.82) is 0 Å². The Hall–Kier alpha value is -2.53. The van der Waals surface area contributed by atoms with Gasteiger partial charge in [-0.1, -0.05) is 24.6 Å². The highest BCUT2D eigenvalue weighted by molar-refractivity contribution is 6.34. The second kappa shape index (κ2) is 9.79. The first-order valence-electron chi connectivity index (χ1n) is 10.1. The minimum atomic E-state index is -0.205. The summed E-state index contributed by atoms with van der Waals surface area (Å²) in [6, 6.07) is 11.1. The molecule has 1 atom stereocenters. The third-order valence-corrected chi connectivity index (χ3v) is 5.57. The number of halogens is 1. The molecule has 2 aromatic carbocycles. The van der Waals surface area contributed by atoms with E-state index < -0.39 is 0 Å². The number of carbonyl (C=O) groups excluding carboxylic acids is 2. The maximum atomic E-state index is 12.6. The number of ether oxygens (including phenoxy) is 1. The molecule has 0 aromatic heterocycles. The van der Waals surface area contributed by atoms with E-state index in [0.717, 1.165) is 31.4 Å². The van der Waals surface area contributed by atoms with Crippen molar-refractivity contribution in [2.45, 2.75) is 44.9 Å². The fourth-order valence-corrected chi connectivity index (χ4v) is 4.04. The van der Waals surface area contributed by atoms with Gasteiger partial charge in [0.1, 0.15) is 5.75 Å². The SMILES string of the molecule is CCCNC(=O)c1ccc(NC(=O)CC2CCCc3cc(OC)ccc32)cc1Cl. The normalized spacial score (nSPS) is 15.3. The topological polar surface area (TPSA) is 67.4 Å². The molecule has 2 aromatic rings. The van der Waals surface area contributed by atoms with Crippen molar-refractivity contribution in [2.75, 3.05) is 19.0 Å². The van der Waals surface area contributed by atoms with Gasteiger partial charge in [0.05, 0.1) is 17.7 Å². The number of hydrogen-bond donors (Lipinski definition) is 2. The fourth-order valence-electron chi connectivity index (χ4n) is 3.78. The maximum Gasteiger partial charge on any atom is 0.252 e. The van der Waals surface area contributed by atoms with Gasteiger partial charge in [-0.15, -0.1) is 0 Å². The van der Waals surface area contributed by atoms with Gasteiger partial charge in [-0.25, -0.2) is 0 Å². The van der Waals surface area contributed by atoms with Crippen LogP contribution in [-0.2, 0) is 11.2 Å². The van der Waals surface area contributed by atoms with Crippen molar-refractivity contribution in [1.82, 2.24) is 5.32 Å². The molecule has 2 N–H and O–H groups in total. The van der Waals surface area contributed by atoms with Gasteiger partial charge in [0, 0.05) is 18.7 Å². The van der Waals surface area contributed by atoms with Gasteiger partial charge in [-0.05, 0) is 73.1 Å². The largest absolute Gasteiger partial charge is 0.497 e. The predicted molar refractivity (Wildman–Crippen MR) is 116 cm³/mol. The summed E-state index contributed by atoms with van der Waals surface area (Å²) in [6.45, 7) is 2.59. The summed E-state index contributed by atoms with van der Waals surface area (Å²) in [5.41, 5.74) is 3.50. The first-order valence-corrected chi connectivity index (χ1v) is 10.4. The van der Waals surface area contributed by atoms with E-state index in [1.54, 1.807) is 25.3 Å². The number of nitrogens with one attached hydrogen (secondary N) is 2. The molecular formula is C23H27ClN2O3. The molecule has 5 nitrogen and oxygen atoms in total. The van der Waals surface area contributed by atoms with Crippen LogP contribution in [0, 0.1) is 0 Å². The molecular weight excluding hydrogens is 388 g/mol. The molecule has 0 spiro atoms. The van der Waals surface area contributed by atoms with Crippen molar-refractivity contribution < 1.29 is 14.3 Å². The second-order valence-corrected chi connectivity index (χ2v) is 7.76. The lowest BCUT2D eigenvalue weighted by molar-refractivity contribution is -0.116. The molecule has 0 bridgehead atoms. The van der Waals surface area contributed by atoms with Crippen LogP contribution in [0.25, 0.3) is 0 Å². The Morgan fingerprint density at radius 3 is 2.76 bits per heavy atom.